The van der Waals surface area contributed by atoms with Gasteiger partial charge in [0, 0.05) is 12.6 Å². The van der Waals surface area contributed by atoms with Crippen molar-refractivity contribution < 1.29 is 4.79 Å². The lowest BCUT2D eigenvalue weighted by Crippen LogP contribution is -2.41. The number of amides is 1. The molecule has 0 aliphatic carbocycles. The van der Waals surface area contributed by atoms with E-state index in [1.165, 1.54) is 16.3 Å². The number of thioether (sulfide) groups is 1. The van der Waals surface area contributed by atoms with Crippen LogP contribution in [-0.4, -0.2) is 32.0 Å². The first-order valence-corrected chi connectivity index (χ1v) is 5.83. The van der Waals surface area contributed by atoms with E-state index in [1.54, 1.807) is 7.05 Å². The molecule has 0 radical (unpaired) electrons. The molecule has 2 N–H and O–H groups in total. The van der Waals surface area contributed by atoms with Crippen molar-refractivity contribution in [2.24, 2.45) is 7.05 Å². The Labute approximate surface area is 97.8 Å². The van der Waals surface area contributed by atoms with Gasteiger partial charge in [0.25, 0.3) is 0 Å². The highest BCUT2D eigenvalue weighted by Crippen LogP contribution is 2.11. The van der Waals surface area contributed by atoms with Gasteiger partial charge in [0.15, 0.2) is 5.16 Å². The SMILES string of the molecule is Cn1c(SCC(=O)NC(C)(C)C)n[nH]c1=O. The van der Waals surface area contributed by atoms with Gasteiger partial charge in [-0.3, -0.25) is 9.36 Å². The van der Waals surface area contributed by atoms with E-state index in [1.807, 2.05) is 20.8 Å². The van der Waals surface area contributed by atoms with Crippen LogP contribution in [0, 0.1) is 0 Å². The van der Waals surface area contributed by atoms with Crippen molar-refractivity contribution in [3.63, 3.8) is 0 Å². The first-order chi connectivity index (χ1) is 7.29. The lowest BCUT2D eigenvalue weighted by atomic mass is 10.1. The molecule has 16 heavy (non-hydrogen) atoms. The Hall–Kier alpha value is -1.24. The van der Waals surface area contributed by atoms with Crippen molar-refractivity contribution in [2.45, 2.75) is 31.5 Å². The van der Waals surface area contributed by atoms with Crippen LogP contribution in [0.5, 0.6) is 0 Å². The molecular weight excluding hydrogens is 228 g/mol. The summed E-state index contributed by atoms with van der Waals surface area (Å²) >= 11 is 1.23. The number of nitrogens with one attached hydrogen (secondary N) is 2. The second-order valence-electron chi connectivity index (χ2n) is 4.46. The zero-order chi connectivity index (χ0) is 12.3. The van der Waals surface area contributed by atoms with Crippen LogP contribution in [-0.2, 0) is 11.8 Å². The zero-order valence-corrected chi connectivity index (χ0v) is 10.6. The van der Waals surface area contributed by atoms with Gasteiger partial charge in [-0.15, -0.1) is 5.10 Å². The summed E-state index contributed by atoms with van der Waals surface area (Å²) in [5.74, 6) is 0.169. The summed E-state index contributed by atoms with van der Waals surface area (Å²) in [6, 6.07) is 0. The summed E-state index contributed by atoms with van der Waals surface area (Å²) in [6.07, 6.45) is 0. The molecule has 6 nitrogen and oxygen atoms in total. The highest BCUT2D eigenvalue weighted by atomic mass is 32.2. The number of carbonyl (C=O) groups is 1. The smallest absolute Gasteiger partial charge is 0.343 e. The molecule has 0 saturated carbocycles. The molecule has 7 heteroatoms. The molecule has 0 saturated heterocycles. The second kappa shape index (κ2) is 4.73. The summed E-state index contributed by atoms with van der Waals surface area (Å²) in [4.78, 5) is 22.5. The van der Waals surface area contributed by atoms with Gasteiger partial charge < -0.3 is 5.32 Å². The Morgan fingerprint density at radius 2 is 2.19 bits per heavy atom. The monoisotopic (exact) mass is 244 g/mol. The summed E-state index contributed by atoms with van der Waals surface area (Å²) in [5.41, 5.74) is -0.520. The summed E-state index contributed by atoms with van der Waals surface area (Å²) in [7, 11) is 1.61. The zero-order valence-electron chi connectivity index (χ0n) is 9.83. The van der Waals surface area contributed by atoms with Crippen molar-refractivity contribution in [3.8, 4) is 0 Å². The Morgan fingerprint density at radius 3 is 2.62 bits per heavy atom. The summed E-state index contributed by atoms with van der Waals surface area (Å²) in [5, 5.41) is 9.44. The van der Waals surface area contributed by atoms with Crippen LogP contribution in [0.1, 0.15) is 20.8 Å². The van der Waals surface area contributed by atoms with Crippen molar-refractivity contribution in [3.05, 3.63) is 10.5 Å². The molecule has 1 rings (SSSR count). The molecule has 0 fully saturated rings. The van der Waals surface area contributed by atoms with Crippen molar-refractivity contribution in [1.82, 2.24) is 20.1 Å². The van der Waals surface area contributed by atoms with Crippen LogP contribution < -0.4 is 11.0 Å². The molecule has 0 bridgehead atoms. The van der Waals surface area contributed by atoms with Gasteiger partial charge in [-0.2, -0.15) is 0 Å². The highest BCUT2D eigenvalue weighted by molar-refractivity contribution is 7.99. The number of rotatable bonds is 3. The van der Waals surface area contributed by atoms with E-state index < -0.39 is 0 Å². The van der Waals surface area contributed by atoms with Crippen LogP contribution >= 0.6 is 11.8 Å². The van der Waals surface area contributed by atoms with Crippen molar-refractivity contribution in [1.29, 1.82) is 0 Å². The Morgan fingerprint density at radius 1 is 1.56 bits per heavy atom. The quantitative estimate of drug-likeness (QED) is 0.740. The lowest BCUT2D eigenvalue weighted by molar-refractivity contribution is -0.119. The average molecular weight is 244 g/mol. The van der Waals surface area contributed by atoms with Gasteiger partial charge in [0.2, 0.25) is 5.91 Å². The van der Waals surface area contributed by atoms with Gasteiger partial charge in [-0.25, -0.2) is 9.89 Å². The minimum absolute atomic E-state index is 0.0760. The summed E-state index contributed by atoms with van der Waals surface area (Å²) in [6.45, 7) is 5.75. The predicted molar refractivity (Wildman–Crippen MR) is 62.4 cm³/mol. The molecule has 0 atom stereocenters. The predicted octanol–water partition coefficient (Wildman–Crippen LogP) is 0.115. The van der Waals surface area contributed by atoms with Crippen molar-refractivity contribution >= 4 is 17.7 Å². The van der Waals surface area contributed by atoms with E-state index in [-0.39, 0.29) is 22.9 Å². The maximum atomic E-state index is 11.5. The number of aromatic nitrogens is 3. The minimum atomic E-state index is -0.279. The van der Waals surface area contributed by atoms with E-state index in [4.69, 9.17) is 0 Å². The molecular formula is C9H16N4O2S. The number of carbonyl (C=O) groups excluding carboxylic acids is 1. The maximum absolute atomic E-state index is 11.5. The maximum Gasteiger partial charge on any atom is 0.343 e. The fraction of sp³-hybridized carbons (Fsp3) is 0.667. The normalized spacial score (nSPS) is 11.5. The Kier molecular flexibility index (Phi) is 3.79. The minimum Gasteiger partial charge on any atom is -0.351 e. The molecule has 1 amide bonds. The molecule has 1 aromatic rings. The molecule has 90 valence electrons. The van der Waals surface area contributed by atoms with Crippen LogP contribution in [0.25, 0.3) is 0 Å². The van der Waals surface area contributed by atoms with E-state index in [2.05, 4.69) is 15.5 Å². The third-order valence-electron chi connectivity index (χ3n) is 1.69. The lowest BCUT2D eigenvalue weighted by Gasteiger charge is -2.20. The Bertz CT molecular complexity index is 429. The first kappa shape index (κ1) is 12.8. The van der Waals surface area contributed by atoms with Gasteiger partial charge >= 0.3 is 5.69 Å². The van der Waals surface area contributed by atoms with Crippen LogP contribution in [0.15, 0.2) is 9.95 Å². The topological polar surface area (TPSA) is 79.8 Å². The average Bonchev–Trinajstić information content (AvgIpc) is 2.42. The molecule has 0 aromatic carbocycles. The van der Waals surface area contributed by atoms with Crippen LogP contribution in [0.2, 0.25) is 0 Å². The number of hydrogen-bond donors (Lipinski definition) is 2. The molecule has 0 unspecified atom stereocenters. The van der Waals surface area contributed by atoms with Gasteiger partial charge in [-0.1, -0.05) is 11.8 Å². The standard InChI is InChI=1S/C9H16N4O2S/c1-9(2,3)10-6(14)5-16-8-12-11-7(15)13(8)4/h5H2,1-4H3,(H,10,14)(H,11,15). The van der Waals surface area contributed by atoms with Gasteiger partial charge in [-0.05, 0) is 20.8 Å². The molecule has 0 spiro atoms. The van der Waals surface area contributed by atoms with Crippen LogP contribution in [0.4, 0.5) is 0 Å². The summed E-state index contributed by atoms with van der Waals surface area (Å²) < 4.78 is 1.37. The first-order valence-electron chi connectivity index (χ1n) is 4.85. The number of hydrogen-bond acceptors (Lipinski definition) is 4. The van der Waals surface area contributed by atoms with E-state index >= 15 is 0 Å². The Balaban J connectivity index is 2.50. The van der Waals surface area contributed by atoms with Gasteiger partial charge in [0.1, 0.15) is 0 Å². The van der Waals surface area contributed by atoms with Gasteiger partial charge in [0.05, 0.1) is 5.75 Å². The van der Waals surface area contributed by atoms with E-state index in [9.17, 15) is 9.59 Å². The highest BCUT2D eigenvalue weighted by Gasteiger charge is 2.14. The second-order valence-corrected chi connectivity index (χ2v) is 5.40. The number of nitrogens with zero attached hydrogens (tertiary/aromatic N) is 2. The third kappa shape index (κ3) is 3.73. The molecule has 0 aliphatic rings. The third-order valence-corrected chi connectivity index (χ3v) is 2.72. The van der Waals surface area contributed by atoms with E-state index in [0.29, 0.717) is 5.16 Å². The van der Waals surface area contributed by atoms with Crippen molar-refractivity contribution in [2.75, 3.05) is 5.75 Å². The molecule has 0 aliphatic heterocycles. The fourth-order valence-corrected chi connectivity index (χ4v) is 1.77. The molecule has 1 aromatic heterocycles. The largest absolute Gasteiger partial charge is 0.351 e. The number of aromatic amines is 1. The van der Waals surface area contributed by atoms with E-state index in [0.717, 1.165) is 0 Å². The molecule has 1 heterocycles. The number of H-pyrrole nitrogens is 1. The van der Waals surface area contributed by atoms with Crippen LogP contribution in [0.3, 0.4) is 0 Å². The fourth-order valence-electron chi connectivity index (χ4n) is 1.05.